The van der Waals surface area contributed by atoms with Crippen LogP contribution >= 0.6 is 11.3 Å². The lowest BCUT2D eigenvalue weighted by atomic mass is 10.1. The standard InChI is InChI=1S/C22H17F2N3O3S/c1-12-13(2)25-22-27(21(12)29)18(11-31-22)14-4-3-5-16(8-14)26-20(28)10-30-19-7-6-15(23)9-17(19)24/h3-9,11H,10H2,1-2H3,(H,26,28). The summed E-state index contributed by atoms with van der Waals surface area (Å²) in [5.74, 6) is -2.34. The molecule has 9 heteroatoms. The maximum Gasteiger partial charge on any atom is 0.262 e. The van der Waals surface area contributed by atoms with Gasteiger partial charge < -0.3 is 10.1 Å². The van der Waals surface area contributed by atoms with Crippen molar-refractivity contribution >= 4 is 27.9 Å². The molecule has 0 aliphatic heterocycles. The number of nitrogens with zero attached hydrogens (tertiary/aromatic N) is 2. The van der Waals surface area contributed by atoms with Crippen molar-refractivity contribution in [3.8, 4) is 17.0 Å². The first-order valence-electron chi connectivity index (χ1n) is 9.29. The Morgan fingerprint density at radius 1 is 1.19 bits per heavy atom. The maximum atomic E-state index is 13.6. The van der Waals surface area contributed by atoms with Crippen LogP contribution in [0.1, 0.15) is 11.3 Å². The minimum atomic E-state index is -0.885. The number of anilines is 1. The van der Waals surface area contributed by atoms with Crippen molar-refractivity contribution in [2.24, 2.45) is 0 Å². The van der Waals surface area contributed by atoms with Gasteiger partial charge in [0.25, 0.3) is 11.5 Å². The number of aryl methyl sites for hydroxylation is 1. The smallest absolute Gasteiger partial charge is 0.262 e. The van der Waals surface area contributed by atoms with Crippen LogP contribution in [0.3, 0.4) is 0 Å². The van der Waals surface area contributed by atoms with Gasteiger partial charge in [0.15, 0.2) is 23.1 Å². The van der Waals surface area contributed by atoms with Crippen LogP contribution in [0.4, 0.5) is 14.5 Å². The van der Waals surface area contributed by atoms with Crippen molar-refractivity contribution in [1.82, 2.24) is 9.38 Å². The molecule has 0 unspecified atom stereocenters. The van der Waals surface area contributed by atoms with E-state index in [1.54, 1.807) is 36.4 Å². The SMILES string of the molecule is Cc1nc2scc(-c3cccc(NC(=O)COc4ccc(F)cc4F)c3)n2c(=O)c1C. The van der Waals surface area contributed by atoms with E-state index in [2.05, 4.69) is 10.3 Å². The number of rotatable bonds is 5. The summed E-state index contributed by atoms with van der Waals surface area (Å²) in [6.45, 7) is 3.08. The molecule has 0 saturated carbocycles. The van der Waals surface area contributed by atoms with Crippen molar-refractivity contribution in [2.45, 2.75) is 13.8 Å². The van der Waals surface area contributed by atoms with Crippen LogP contribution < -0.4 is 15.6 Å². The van der Waals surface area contributed by atoms with Crippen LogP contribution in [0, 0.1) is 25.5 Å². The van der Waals surface area contributed by atoms with Gasteiger partial charge in [0, 0.05) is 34.0 Å². The molecule has 2 aromatic heterocycles. The average molecular weight is 441 g/mol. The number of nitrogens with one attached hydrogen (secondary N) is 1. The average Bonchev–Trinajstić information content (AvgIpc) is 3.15. The Bertz CT molecular complexity index is 1360. The summed E-state index contributed by atoms with van der Waals surface area (Å²) >= 11 is 1.36. The molecule has 0 saturated heterocycles. The number of benzene rings is 2. The molecule has 4 rings (SSSR count). The number of hydrogen-bond donors (Lipinski definition) is 1. The van der Waals surface area contributed by atoms with Gasteiger partial charge >= 0.3 is 0 Å². The highest BCUT2D eigenvalue weighted by Crippen LogP contribution is 2.27. The Morgan fingerprint density at radius 2 is 2.00 bits per heavy atom. The predicted molar refractivity (Wildman–Crippen MR) is 115 cm³/mol. The number of hydrogen-bond acceptors (Lipinski definition) is 5. The van der Waals surface area contributed by atoms with E-state index in [1.807, 2.05) is 11.4 Å². The van der Waals surface area contributed by atoms with Crippen LogP contribution in [0.5, 0.6) is 5.75 Å². The first-order valence-corrected chi connectivity index (χ1v) is 10.2. The van der Waals surface area contributed by atoms with Crippen molar-refractivity contribution in [3.05, 3.63) is 81.1 Å². The number of aromatic nitrogens is 2. The van der Waals surface area contributed by atoms with Gasteiger partial charge in [-0.2, -0.15) is 0 Å². The lowest BCUT2D eigenvalue weighted by Crippen LogP contribution is -2.20. The fourth-order valence-corrected chi connectivity index (χ4v) is 3.96. The predicted octanol–water partition coefficient (Wildman–Crippen LogP) is 4.34. The lowest BCUT2D eigenvalue weighted by Gasteiger charge is -2.10. The number of thiazole rings is 1. The highest BCUT2D eigenvalue weighted by Gasteiger charge is 2.14. The van der Waals surface area contributed by atoms with Gasteiger partial charge in [-0.3, -0.25) is 14.0 Å². The minimum Gasteiger partial charge on any atom is -0.481 e. The van der Waals surface area contributed by atoms with Gasteiger partial charge in [-0.25, -0.2) is 13.8 Å². The molecule has 31 heavy (non-hydrogen) atoms. The quantitative estimate of drug-likeness (QED) is 0.500. The van der Waals surface area contributed by atoms with Gasteiger partial charge in [-0.05, 0) is 38.1 Å². The summed E-state index contributed by atoms with van der Waals surface area (Å²) in [5, 5.41) is 4.51. The Morgan fingerprint density at radius 3 is 2.77 bits per heavy atom. The molecule has 6 nitrogen and oxygen atoms in total. The summed E-state index contributed by atoms with van der Waals surface area (Å²) in [4.78, 5) is 30.0. The third-order valence-electron chi connectivity index (χ3n) is 4.73. The topological polar surface area (TPSA) is 72.7 Å². The Labute approximate surface area is 179 Å². The second kappa shape index (κ2) is 8.27. The van der Waals surface area contributed by atoms with E-state index in [9.17, 15) is 18.4 Å². The number of carbonyl (C=O) groups is 1. The van der Waals surface area contributed by atoms with E-state index in [0.29, 0.717) is 33.7 Å². The van der Waals surface area contributed by atoms with Crippen molar-refractivity contribution < 1.29 is 18.3 Å². The summed E-state index contributed by atoms with van der Waals surface area (Å²) < 4.78 is 33.2. The van der Waals surface area contributed by atoms with Crippen LogP contribution in [0.2, 0.25) is 0 Å². The molecule has 0 atom stereocenters. The third-order valence-corrected chi connectivity index (χ3v) is 5.56. The molecule has 4 aromatic rings. The first-order chi connectivity index (χ1) is 14.8. The van der Waals surface area contributed by atoms with Gasteiger partial charge in [-0.1, -0.05) is 12.1 Å². The second-order valence-corrected chi connectivity index (χ2v) is 7.70. The summed E-state index contributed by atoms with van der Waals surface area (Å²) in [5.41, 5.74) is 3.00. The van der Waals surface area contributed by atoms with Gasteiger partial charge in [0.1, 0.15) is 5.82 Å². The first kappa shape index (κ1) is 20.7. The number of ether oxygens (including phenoxy) is 1. The zero-order valence-electron chi connectivity index (χ0n) is 16.6. The van der Waals surface area contributed by atoms with E-state index in [0.717, 1.165) is 17.7 Å². The molecular weight excluding hydrogens is 424 g/mol. The van der Waals surface area contributed by atoms with E-state index in [-0.39, 0.29) is 11.3 Å². The molecular formula is C22H17F2N3O3S. The van der Waals surface area contributed by atoms with Crippen molar-refractivity contribution in [1.29, 1.82) is 0 Å². The van der Waals surface area contributed by atoms with Gasteiger partial charge in [0.2, 0.25) is 0 Å². The summed E-state index contributed by atoms with van der Waals surface area (Å²) in [7, 11) is 0. The molecule has 0 spiro atoms. The number of fused-ring (bicyclic) bond motifs is 1. The Kier molecular flexibility index (Phi) is 5.51. The summed E-state index contributed by atoms with van der Waals surface area (Å²) in [6, 6.07) is 9.82. The Balaban J connectivity index is 1.54. The third kappa shape index (κ3) is 4.17. The molecule has 2 aromatic carbocycles. The minimum absolute atomic E-state index is 0.136. The fraction of sp³-hybridized carbons (Fsp3) is 0.136. The molecule has 0 fully saturated rings. The zero-order valence-corrected chi connectivity index (χ0v) is 17.4. The van der Waals surface area contributed by atoms with Gasteiger partial charge in [-0.15, -0.1) is 11.3 Å². The number of carbonyl (C=O) groups excluding carboxylic acids is 1. The van der Waals surface area contributed by atoms with Crippen LogP contribution in [-0.2, 0) is 4.79 Å². The number of amides is 1. The molecule has 1 N–H and O–H groups in total. The second-order valence-electron chi connectivity index (χ2n) is 6.86. The maximum absolute atomic E-state index is 13.6. The highest BCUT2D eigenvalue weighted by molar-refractivity contribution is 7.15. The Hall–Kier alpha value is -3.59. The molecule has 0 aliphatic rings. The zero-order chi connectivity index (χ0) is 22.1. The van der Waals surface area contributed by atoms with Crippen LogP contribution in [0.25, 0.3) is 16.2 Å². The van der Waals surface area contributed by atoms with Crippen molar-refractivity contribution in [2.75, 3.05) is 11.9 Å². The van der Waals surface area contributed by atoms with E-state index >= 15 is 0 Å². The highest BCUT2D eigenvalue weighted by atomic mass is 32.1. The summed E-state index contributed by atoms with van der Waals surface area (Å²) in [6.07, 6.45) is 0. The molecule has 2 heterocycles. The monoisotopic (exact) mass is 441 g/mol. The normalized spacial score (nSPS) is 11.0. The molecule has 0 aliphatic carbocycles. The number of halogens is 2. The van der Waals surface area contributed by atoms with Crippen molar-refractivity contribution in [3.63, 3.8) is 0 Å². The molecule has 0 bridgehead atoms. The largest absolute Gasteiger partial charge is 0.481 e. The molecule has 0 radical (unpaired) electrons. The van der Waals surface area contributed by atoms with E-state index in [1.165, 1.54) is 11.3 Å². The van der Waals surface area contributed by atoms with E-state index < -0.39 is 24.1 Å². The van der Waals surface area contributed by atoms with Crippen LogP contribution in [0.15, 0.2) is 52.6 Å². The van der Waals surface area contributed by atoms with E-state index in [4.69, 9.17) is 4.74 Å². The fourth-order valence-electron chi connectivity index (χ4n) is 3.03. The molecule has 158 valence electrons. The molecule has 1 amide bonds. The van der Waals surface area contributed by atoms with Gasteiger partial charge in [0.05, 0.1) is 5.69 Å². The van der Waals surface area contributed by atoms with Crippen LogP contribution in [-0.4, -0.2) is 21.9 Å². The lowest BCUT2D eigenvalue weighted by molar-refractivity contribution is -0.118.